The zero-order valence-electron chi connectivity index (χ0n) is 12.5. The second-order valence-electron chi connectivity index (χ2n) is 5.31. The van der Waals surface area contributed by atoms with Crippen LogP contribution in [-0.4, -0.2) is 12.4 Å². The van der Waals surface area contributed by atoms with E-state index in [4.69, 9.17) is 4.74 Å². The highest BCUT2D eigenvalue weighted by atomic mass is 16.5. The van der Waals surface area contributed by atoms with Crippen LogP contribution < -0.4 is 4.74 Å². The first-order valence-corrected chi connectivity index (χ1v) is 7.49. The minimum Gasteiger partial charge on any atom is -0.494 e. The molecule has 0 spiro atoms. The summed E-state index contributed by atoms with van der Waals surface area (Å²) in [7, 11) is 0. The SMILES string of the molecule is CC(=O)Cc1ccc(OCCCCc2ccccc2)cc1. The third-order valence-corrected chi connectivity index (χ3v) is 3.35. The van der Waals surface area contributed by atoms with Gasteiger partial charge in [0.05, 0.1) is 6.61 Å². The number of hydrogen-bond donors (Lipinski definition) is 0. The third-order valence-electron chi connectivity index (χ3n) is 3.35. The predicted octanol–water partition coefficient (Wildman–Crippen LogP) is 4.22. The number of carbonyl (C=O) groups is 1. The van der Waals surface area contributed by atoms with Crippen LogP contribution in [0.1, 0.15) is 30.9 Å². The lowest BCUT2D eigenvalue weighted by molar-refractivity contribution is -0.116. The summed E-state index contributed by atoms with van der Waals surface area (Å²) in [5, 5.41) is 0. The minimum atomic E-state index is 0.185. The number of ether oxygens (including phenoxy) is 1. The zero-order valence-corrected chi connectivity index (χ0v) is 12.5. The molecule has 0 atom stereocenters. The molecule has 2 aromatic carbocycles. The maximum absolute atomic E-state index is 11.0. The van der Waals surface area contributed by atoms with Crippen molar-refractivity contribution in [2.75, 3.05) is 6.61 Å². The van der Waals surface area contributed by atoms with E-state index >= 15 is 0 Å². The van der Waals surface area contributed by atoms with Crippen LogP contribution in [0.3, 0.4) is 0 Å². The van der Waals surface area contributed by atoms with Crippen molar-refractivity contribution in [3.63, 3.8) is 0 Å². The van der Waals surface area contributed by atoms with Crippen LogP contribution in [0.15, 0.2) is 54.6 Å². The summed E-state index contributed by atoms with van der Waals surface area (Å²) in [6.45, 7) is 2.34. The van der Waals surface area contributed by atoms with Gasteiger partial charge < -0.3 is 4.74 Å². The Morgan fingerprint density at radius 3 is 2.29 bits per heavy atom. The van der Waals surface area contributed by atoms with Crippen LogP contribution in [0.5, 0.6) is 5.75 Å². The summed E-state index contributed by atoms with van der Waals surface area (Å²) >= 11 is 0. The first-order chi connectivity index (χ1) is 10.2. The molecule has 0 bridgehead atoms. The van der Waals surface area contributed by atoms with E-state index in [9.17, 15) is 4.79 Å². The summed E-state index contributed by atoms with van der Waals surface area (Å²) < 4.78 is 5.72. The third kappa shape index (κ3) is 5.82. The minimum absolute atomic E-state index is 0.185. The van der Waals surface area contributed by atoms with Gasteiger partial charge >= 0.3 is 0 Å². The second kappa shape index (κ2) is 8.25. The van der Waals surface area contributed by atoms with E-state index in [1.807, 2.05) is 30.3 Å². The van der Waals surface area contributed by atoms with Gasteiger partial charge in [0, 0.05) is 6.42 Å². The number of carbonyl (C=O) groups excluding carboxylic acids is 1. The molecule has 2 rings (SSSR count). The summed E-state index contributed by atoms with van der Waals surface area (Å²) in [5.41, 5.74) is 2.42. The molecule has 0 heterocycles. The zero-order chi connectivity index (χ0) is 14.9. The van der Waals surface area contributed by atoms with Crippen LogP contribution in [0, 0.1) is 0 Å². The van der Waals surface area contributed by atoms with Crippen molar-refractivity contribution in [1.82, 2.24) is 0 Å². The van der Waals surface area contributed by atoms with E-state index in [-0.39, 0.29) is 5.78 Å². The maximum Gasteiger partial charge on any atom is 0.134 e. The largest absolute Gasteiger partial charge is 0.494 e. The van der Waals surface area contributed by atoms with E-state index in [0.29, 0.717) is 6.42 Å². The smallest absolute Gasteiger partial charge is 0.134 e. The summed E-state index contributed by atoms with van der Waals surface area (Å²) in [6, 6.07) is 18.3. The lowest BCUT2D eigenvalue weighted by Gasteiger charge is -2.07. The first-order valence-electron chi connectivity index (χ1n) is 7.49. The van der Waals surface area contributed by atoms with Gasteiger partial charge in [-0.1, -0.05) is 42.5 Å². The average molecular weight is 282 g/mol. The number of ketones is 1. The van der Waals surface area contributed by atoms with E-state index in [0.717, 1.165) is 37.2 Å². The molecule has 0 fully saturated rings. The number of rotatable bonds is 8. The number of hydrogen-bond acceptors (Lipinski definition) is 2. The Balaban J connectivity index is 1.65. The van der Waals surface area contributed by atoms with Gasteiger partial charge in [0.2, 0.25) is 0 Å². The highest BCUT2D eigenvalue weighted by Gasteiger charge is 1.99. The van der Waals surface area contributed by atoms with Gasteiger partial charge in [-0.15, -0.1) is 0 Å². The van der Waals surface area contributed by atoms with E-state index < -0.39 is 0 Å². The van der Waals surface area contributed by atoms with Crippen molar-refractivity contribution in [1.29, 1.82) is 0 Å². The summed E-state index contributed by atoms with van der Waals surface area (Å²) in [5.74, 6) is 1.06. The number of benzene rings is 2. The molecule has 21 heavy (non-hydrogen) atoms. The van der Waals surface area contributed by atoms with Gasteiger partial charge in [0.1, 0.15) is 11.5 Å². The number of Topliss-reactive ketones (excluding diaryl/α,β-unsaturated/α-hetero) is 1. The molecule has 0 aliphatic heterocycles. The van der Waals surface area contributed by atoms with E-state index in [1.165, 1.54) is 5.56 Å². The molecule has 0 aromatic heterocycles. The lowest BCUT2D eigenvalue weighted by atomic mass is 10.1. The van der Waals surface area contributed by atoms with Gasteiger partial charge in [-0.3, -0.25) is 4.79 Å². The number of unbranched alkanes of at least 4 members (excludes halogenated alkanes) is 1. The molecule has 0 aliphatic rings. The van der Waals surface area contributed by atoms with Crippen molar-refractivity contribution in [2.24, 2.45) is 0 Å². The average Bonchev–Trinajstić information content (AvgIpc) is 2.49. The molecule has 0 aliphatic carbocycles. The second-order valence-corrected chi connectivity index (χ2v) is 5.31. The van der Waals surface area contributed by atoms with Crippen LogP contribution in [0.25, 0.3) is 0 Å². The molecular formula is C19H22O2. The van der Waals surface area contributed by atoms with E-state index in [2.05, 4.69) is 24.3 Å². The van der Waals surface area contributed by atoms with Crippen molar-refractivity contribution >= 4 is 5.78 Å². The van der Waals surface area contributed by atoms with Crippen LogP contribution in [-0.2, 0) is 17.6 Å². The Labute approximate surface area is 126 Å². The monoisotopic (exact) mass is 282 g/mol. The summed E-state index contributed by atoms with van der Waals surface area (Å²) in [4.78, 5) is 11.0. The molecule has 2 aromatic rings. The van der Waals surface area contributed by atoms with Crippen LogP contribution in [0.2, 0.25) is 0 Å². The molecule has 0 saturated carbocycles. The topological polar surface area (TPSA) is 26.3 Å². The standard InChI is InChI=1S/C19H22O2/c1-16(20)15-18-10-12-19(13-11-18)21-14-6-5-9-17-7-3-2-4-8-17/h2-4,7-8,10-13H,5-6,9,14-15H2,1H3. The molecule has 2 heteroatoms. The van der Waals surface area contributed by atoms with Crippen molar-refractivity contribution in [3.8, 4) is 5.75 Å². The van der Waals surface area contributed by atoms with Crippen LogP contribution >= 0.6 is 0 Å². The highest BCUT2D eigenvalue weighted by Crippen LogP contribution is 2.13. The van der Waals surface area contributed by atoms with E-state index in [1.54, 1.807) is 6.92 Å². The van der Waals surface area contributed by atoms with Gasteiger partial charge in [0.15, 0.2) is 0 Å². The highest BCUT2D eigenvalue weighted by molar-refractivity contribution is 5.78. The van der Waals surface area contributed by atoms with Crippen molar-refractivity contribution in [3.05, 3.63) is 65.7 Å². The molecule has 110 valence electrons. The Kier molecular flexibility index (Phi) is 6.01. The van der Waals surface area contributed by atoms with Gasteiger partial charge in [-0.2, -0.15) is 0 Å². The van der Waals surface area contributed by atoms with Gasteiger partial charge in [-0.25, -0.2) is 0 Å². The molecule has 0 N–H and O–H groups in total. The Morgan fingerprint density at radius 2 is 1.62 bits per heavy atom. The van der Waals surface area contributed by atoms with Gasteiger partial charge in [0.25, 0.3) is 0 Å². The Hall–Kier alpha value is -2.09. The van der Waals surface area contributed by atoms with Crippen molar-refractivity contribution < 1.29 is 9.53 Å². The fourth-order valence-electron chi connectivity index (χ4n) is 2.26. The van der Waals surface area contributed by atoms with Gasteiger partial charge in [-0.05, 0) is 49.4 Å². The molecular weight excluding hydrogens is 260 g/mol. The molecule has 2 nitrogen and oxygen atoms in total. The summed E-state index contributed by atoms with van der Waals surface area (Å²) in [6.07, 6.45) is 3.77. The molecule has 0 saturated heterocycles. The fraction of sp³-hybridized carbons (Fsp3) is 0.316. The number of aryl methyl sites for hydroxylation is 1. The normalized spacial score (nSPS) is 10.3. The fourth-order valence-corrected chi connectivity index (χ4v) is 2.26. The Morgan fingerprint density at radius 1 is 0.905 bits per heavy atom. The predicted molar refractivity (Wildman–Crippen MR) is 85.7 cm³/mol. The Bertz CT molecular complexity index is 544. The molecule has 0 unspecified atom stereocenters. The maximum atomic E-state index is 11.0. The first kappa shape index (κ1) is 15.3. The van der Waals surface area contributed by atoms with Crippen molar-refractivity contribution in [2.45, 2.75) is 32.6 Å². The quantitative estimate of drug-likeness (QED) is 0.678. The molecule has 0 amide bonds. The molecule has 0 radical (unpaired) electrons. The van der Waals surface area contributed by atoms with Crippen LogP contribution in [0.4, 0.5) is 0 Å². The lowest BCUT2D eigenvalue weighted by Crippen LogP contribution is -1.99.